The van der Waals surface area contributed by atoms with Crippen LogP contribution in [0, 0.1) is 24.5 Å². The zero-order chi connectivity index (χ0) is 88.6. The van der Waals surface area contributed by atoms with Gasteiger partial charge in [0.25, 0.3) is 0 Å². The van der Waals surface area contributed by atoms with Crippen LogP contribution in [0.5, 0.6) is 0 Å². The molecule has 20 aromatic rings. The largest absolute Gasteiger partial charge is 0.308 e. The SMILES string of the molecule is [C-]#[N+]c1ccc(-c2nc(-c3ccc(C#N)cc3)nc(-c3ccc(N4c5ccccc5Sc5ccccc54)cc3)n2)cc1.[C-]#[N+]c1ccc(-c2nc(-c3ccccc3)nc(-c3ccc(N4c5ccccc5Sc5ccccc54)cc3)n2)cc1.c1ccc(-c2cccc(-c3nc(-c4ccc(N5c6ccccc6Sc6ccccc65)cc4)nc(-c4cccc(-c5ccccc5)c4)n3)c2)cc1. The van der Waals surface area contributed by atoms with E-state index >= 15 is 0 Å². The van der Waals surface area contributed by atoms with Crippen molar-refractivity contribution in [3.05, 3.63) is 459 Å². The van der Waals surface area contributed by atoms with Crippen LogP contribution in [-0.2, 0) is 0 Å². The predicted octanol–water partition coefficient (Wildman–Crippen LogP) is 30.7. The van der Waals surface area contributed by atoms with E-state index in [0.717, 1.165) is 112 Å². The minimum absolute atomic E-state index is 0.508. The summed E-state index contributed by atoms with van der Waals surface area (Å²) < 4.78 is 0. The van der Waals surface area contributed by atoms with E-state index in [1.54, 1.807) is 59.9 Å². The van der Waals surface area contributed by atoms with Crippen LogP contribution in [0.2, 0.25) is 0 Å². The van der Waals surface area contributed by atoms with Crippen LogP contribution in [0.15, 0.2) is 460 Å². The van der Waals surface area contributed by atoms with Crippen LogP contribution in [-0.4, -0.2) is 44.9 Å². The first kappa shape index (κ1) is 81.7. The van der Waals surface area contributed by atoms with Gasteiger partial charge in [-0.2, -0.15) is 5.26 Å². The zero-order valence-electron chi connectivity index (χ0n) is 70.4. The number of para-hydroxylation sites is 6. The Balaban J connectivity index is 0.000000120. The molecule has 0 aliphatic carbocycles. The molecule has 3 aliphatic heterocycles. The van der Waals surface area contributed by atoms with Crippen molar-refractivity contribution in [1.82, 2.24) is 44.9 Å². The lowest BCUT2D eigenvalue weighted by atomic mass is 10.0. The second-order valence-electron chi connectivity index (χ2n) is 30.9. The molecule has 0 bridgehead atoms. The van der Waals surface area contributed by atoms with Gasteiger partial charge in [-0.25, -0.2) is 54.5 Å². The minimum Gasteiger partial charge on any atom is -0.308 e. The van der Waals surface area contributed by atoms with Crippen molar-refractivity contribution in [1.29, 1.82) is 5.26 Å². The molecule has 23 rings (SSSR count). The highest BCUT2D eigenvalue weighted by Crippen LogP contribution is 2.55. The third kappa shape index (κ3) is 17.1. The average molecular weight is 1750 g/mol. The Morgan fingerprint density at radius 2 is 0.394 bits per heavy atom. The topological polar surface area (TPSA) is 158 Å². The maximum absolute atomic E-state index is 9.24. The van der Waals surface area contributed by atoms with Crippen LogP contribution < -0.4 is 14.7 Å². The number of aromatic nitrogens is 9. The Hall–Kier alpha value is -17.3. The molecule has 6 heterocycles. The van der Waals surface area contributed by atoms with Gasteiger partial charge < -0.3 is 14.7 Å². The van der Waals surface area contributed by atoms with Crippen molar-refractivity contribution in [3.8, 4) is 131 Å². The smallest absolute Gasteiger partial charge is 0.187 e. The number of hydrogen-bond acceptors (Lipinski definition) is 16. The molecule has 18 heteroatoms. The van der Waals surface area contributed by atoms with E-state index in [-0.39, 0.29) is 0 Å². The maximum Gasteiger partial charge on any atom is 0.187 e. The summed E-state index contributed by atoms with van der Waals surface area (Å²) in [5.41, 5.74) is 24.2. The lowest BCUT2D eigenvalue weighted by molar-refractivity contribution is 1.07. The van der Waals surface area contributed by atoms with E-state index in [1.807, 2.05) is 103 Å². The van der Waals surface area contributed by atoms with Crippen LogP contribution in [0.4, 0.5) is 62.6 Å². The normalized spacial score (nSPS) is 11.8. The third-order valence-corrected chi connectivity index (χ3v) is 26.0. The minimum atomic E-state index is 0.508. The highest BCUT2D eigenvalue weighted by molar-refractivity contribution is 8.00. The number of rotatable bonds is 14. The Labute approximate surface area is 776 Å². The Morgan fingerprint density at radius 1 is 0.197 bits per heavy atom. The average Bonchev–Trinajstić information content (AvgIpc) is 0.765. The number of benzene rings is 17. The summed E-state index contributed by atoms with van der Waals surface area (Å²) >= 11 is 5.39. The standard InChI is InChI=1S/C45H30N4S.C35H20N6S.C34H21N5S/c1-3-13-31(14-4-1)34-17-11-19-36(29-34)44-46-43(47-45(48-44)37-20-12-18-35(30-37)32-15-5-2-6-16-32)33-25-27-38(28-26-33)49-39-21-7-9-23-41(39)50-42-24-10-8-22-40(42)49;1-37-27-18-14-25(15-19-27)34-38-33(24-12-10-23(22-36)11-13-24)39-35(40-34)26-16-20-28(21-17-26)41-29-6-2-4-8-31(29)42-32-9-5-3-7-30(32)41;1-35-26-19-15-24(16-20-26)33-36-32(23-9-3-2-4-10-23)37-34(38-33)25-17-21-27(22-18-25)39-28-11-5-7-13-30(28)40-31-14-8-6-12-29(31)39/h1-30H;2-21H;2-22H. The van der Waals surface area contributed by atoms with Gasteiger partial charge >= 0.3 is 0 Å². The summed E-state index contributed by atoms with van der Waals surface area (Å²) in [6.07, 6.45) is 0. The van der Waals surface area contributed by atoms with E-state index in [4.69, 9.17) is 58.0 Å². The molecule has 0 N–H and O–H groups in total. The fourth-order valence-corrected chi connectivity index (χ4v) is 19.3. The summed E-state index contributed by atoms with van der Waals surface area (Å²) in [6.45, 7) is 14.5. The highest BCUT2D eigenvalue weighted by atomic mass is 32.2. The first-order valence-corrected chi connectivity index (χ1v) is 45.1. The molecule has 0 unspecified atom stereocenters. The monoisotopic (exact) mass is 1750 g/mol. The van der Waals surface area contributed by atoms with Crippen molar-refractivity contribution in [3.63, 3.8) is 0 Å². The lowest BCUT2D eigenvalue weighted by Gasteiger charge is -2.32. The molecule has 0 amide bonds. The second kappa shape index (κ2) is 36.9. The Kier molecular flexibility index (Phi) is 22.9. The number of anilines is 9. The molecule has 3 aliphatic rings. The molecule has 0 radical (unpaired) electrons. The number of nitrogens with zero attached hydrogens (tertiary/aromatic N) is 15. The molecule has 132 heavy (non-hydrogen) atoms. The quantitative estimate of drug-likeness (QED) is 0.0946. The Bertz CT molecular complexity index is 7520. The molecular formula is C114H71N15S3. The molecular weight excluding hydrogens is 1680 g/mol. The van der Waals surface area contributed by atoms with Gasteiger partial charge in [0.15, 0.2) is 63.8 Å². The zero-order valence-corrected chi connectivity index (χ0v) is 72.9. The van der Waals surface area contributed by atoms with Crippen LogP contribution in [0.25, 0.3) is 134 Å². The van der Waals surface area contributed by atoms with E-state index in [0.29, 0.717) is 69.4 Å². The molecule has 0 spiro atoms. The van der Waals surface area contributed by atoms with Gasteiger partial charge in [-0.15, -0.1) is 0 Å². The van der Waals surface area contributed by atoms with E-state index in [9.17, 15) is 5.26 Å². The third-order valence-electron chi connectivity index (χ3n) is 22.6. The fourth-order valence-electron chi connectivity index (χ4n) is 16.1. The first-order chi connectivity index (χ1) is 65.2. The van der Waals surface area contributed by atoms with E-state index < -0.39 is 0 Å². The molecule has 620 valence electrons. The van der Waals surface area contributed by atoms with Crippen molar-refractivity contribution < 1.29 is 0 Å². The van der Waals surface area contributed by atoms with Gasteiger partial charge in [0.1, 0.15) is 0 Å². The summed E-state index contributed by atoms with van der Waals surface area (Å²) in [7, 11) is 0. The van der Waals surface area contributed by atoms with Crippen LogP contribution in [0.3, 0.4) is 0 Å². The van der Waals surface area contributed by atoms with Gasteiger partial charge in [-0.3, -0.25) is 0 Å². The van der Waals surface area contributed by atoms with E-state index in [2.05, 4.69) is 334 Å². The first-order valence-electron chi connectivity index (χ1n) is 42.6. The summed E-state index contributed by atoms with van der Waals surface area (Å²) in [5, 5.41) is 9.24. The van der Waals surface area contributed by atoms with Crippen molar-refractivity contribution in [2.75, 3.05) is 14.7 Å². The maximum atomic E-state index is 9.24. The second-order valence-corrected chi connectivity index (χ2v) is 34.2. The van der Waals surface area contributed by atoms with Crippen LogP contribution >= 0.6 is 35.3 Å². The van der Waals surface area contributed by atoms with E-state index in [1.165, 1.54) is 40.7 Å². The van der Waals surface area contributed by atoms with Gasteiger partial charge in [-0.1, -0.05) is 284 Å². The number of hydrogen-bond donors (Lipinski definition) is 0. The highest BCUT2D eigenvalue weighted by Gasteiger charge is 2.29. The van der Waals surface area contributed by atoms with Gasteiger partial charge in [-0.05, 0) is 204 Å². The lowest BCUT2D eigenvalue weighted by Crippen LogP contribution is -2.14. The Morgan fingerprint density at radius 3 is 0.644 bits per heavy atom. The summed E-state index contributed by atoms with van der Waals surface area (Å²) in [5.74, 6) is 5.22. The molecule has 0 saturated heterocycles. The van der Waals surface area contributed by atoms with Crippen LogP contribution in [0.1, 0.15) is 5.56 Å². The molecule has 0 atom stereocenters. The molecule has 15 nitrogen and oxygen atoms in total. The van der Waals surface area contributed by atoms with Crippen molar-refractivity contribution in [2.45, 2.75) is 29.4 Å². The molecule has 0 saturated carbocycles. The predicted molar refractivity (Wildman–Crippen MR) is 533 cm³/mol. The number of fused-ring (bicyclic) bond motifs is 6. The van der Waals surface area contributed by atoms with Gasteiger partial charge in [0, 0.05) is 96.5 Å². The van der Waals surface area contributed by atoms with Crippen molar-refractivity contribution in [2.24, 2.45) is 0 Å². The van der Waals surface area contributed by atoms with Gasteiger partial charge in [0.2, 0.25) is 0 Å². The molecule has 0 fully saturated rings. The summed E-state index contributed by atoms with van der Waals surface area (Å²) in [6, 6.07) is 148. The fraction of sp³-hybridized carbons (Fsp3) is 0. The van der Waals surface area contributed by atoms with Gasteiger partial charge in [0.05, 0.1) is 58.9 Å². The number of nitriles is 1. The molecule has 17 aromatic carbocycles. The molecule has 3 aromatic heterocycles. The van der Waals surface area contributed by atoms with Crippen molar-refractivity contribution >= 4 is 97.8 Å². The summed E-state index contributed by atoms with van der Waals surface area (Å²) in [4.78, 5) is 65.4.